The molecule has 0 bridgehead atoms. The molecule has 2 aromatic rings. The highest BCUT2D eigenvalue weighted by Crippen LogP contribution is 2.28. The molecule has 0 atom stereocenters. The molecule has 0 amide bonds. The van der Waals surface area contributed by atoms with E-state index in [1.54, 1.807) is 0 Å². The van der Waals surface area contributed by atoms with Crippen molar-refractivity contribution in [3.05, 3.63) is 53.3 Å². The third-order valence-electron chi connectivity index (χ3n) is 4.40. The molecule has 3 rings (SSSR count). The predicted octanol–water partition coefficient (Wildman–Crippen LogP) is 3.99. The number of hydrogen-bond donors (Lipinski definition) is 0. The highest BCUT2D eigenvalue weighted by molar-refractivity contribution is 5.98. The molecule has 1 heterocycles. The highest BCUT2D eigenvalue weighted by Gasteiger charge is 2.18. The summed E-state index contributed by atoms with van der Waals surface area (Å²) in [5.41, 5.74) is 2.85. The van der Waals surface area contributed by atoms with E-state index in [4.69, 9.17) is 0 Å². The van der Waals surface area contributed by atoms with Gasteiger partial charge in [-0.05, 0) is 30.9 Å². The number of benzene rings is 1. The maximum absolute atomic E-state index is 12.5. The summed E-state index contributed by atoms with van der Waals surface area (Å²) in [7, 11) is 0. The lowest BCUT2D eigenvalue weighted by Gasteiger charge is -2.09. The summed E-state index contributed by atoms with van der Waals surface area (Å²) in [4.78, 5) is 12.5. The molecule has 0 N–H and O–H groups in total. The van der Waals surface area contributed by atoms with Crippen LogP contribution in [0.25, 0.3) is 0 Å². The highest BCUT2D eigenvalue weighted by atomic mass is 16.1. The van der Waals surface area contributed by atoms with E-state index >= 15 is 0 Å². The quantitative estimate of drug-likeness (QED) is 0.777. The van der Waals surface area contributed by atoms with Crippen LogP contribution < -0.4 is 0 Å². The number of nitrogens with zero attached hydrogens (tertiary/aromatic N) is 2. The summed E-state index contributed by atoms with van der Waals surface area (Å²) in [6.07, 6.45) is 8.34. The normalized spacial score (nSPS) is 15.5. The molecule has 3 heteroatoms. The molecule has 1 aliphatic rings. The first-order valence-corrected chi connectivity index (χ1v) is 7.93. The largest absolute Gasteiger partial charge is 0.294 e. The van der Waals surface area contributed by atoms with Gasteiger partial charge < -0.3 is 0 Å². The van der Waals surface area contributed by atoms with Gasteiger partial charge in [-0.2, -0.15) is 5.10 Å². The standard InChI is InChI=1S/C18H22N2O/c1-2-14-7-3-6-10-17(14)18(21)13-15-11-12-20(19-15)16-8-4-5-9-16/h3,6-7,10-12,16H,2,4-5,8-9,13H2,1H3. The van der Waals surface area contributed by atoms with E-state index in [1.165, 1.54) is 25.7 Å². The zero-order valence-corrected chi connectivity index (χ0v) is 12.6. The van der Waals surface area contributed by atoms with Crippen molar-refractivity contribution in [3.8, 4) is 0 Å². The van der Waals surface area contributed by atoms with Crippen LogP contribution in [0, 0.1) is 0 Å². The molecule has 0 unspecified atom stereocenters. The molecule has 1 fully saturated rings. The number of carbonyl (C=O) groups is 1. The Morgan fingerprint density at radius 1 is 1.24 bits per heavy atom. The summed E-state index contributed by atoms with van der Waals surface area (Å²) in [5.74, 6) is 0.170. The second-order valence-electron chi connectivity index (χ2n) is 5.84. The topological polar surface area (TPSA) is 34.9 Å². The summed E-state index contributed by atoms with van der Waals surface area (Å²) in [6.45, 7) is 2.08. The van der Waals surface area contributed by atoms with Gasteiger partial charge in [0.2, 0.25) is 0 Å². The van der Waals surface area contributed by atoms with Gasteiger partial charge in [0, 0.05) is 11.8 Å². The minimum absolute atomic E-state index is 0.170. The van der Waals surface area contributed by atoms with Crippen LogP contribution in [0.5, 0.6) is 0 Å². The molecule has 1 aromatic carbocycles. The fraction of sp³-hybridized carbons (Fsp3) is 0.444. The van der Waals surface area contributed by atoms with Crippen LogP contribution in [-0.2, 0) is 12.8 Å². The lowest BCUT2D eigenvalue weighted by Crippen LogP contribution is -2.09. The molecule has 0 spiro atoms. The van der Waals surface area contributed by atoms with Crippen LogP contribution in [0.1, 0.15) is 60.3 Å². The van der Waals surface area contributed by atoms with Crippen LogP contribution in [0.2, 0.25) is 0 Å². The Morgan fingerprint density at radius 2 is 2.00 bits per heavy atom. The molecule has 1 aromatic heterocycles. The van der Waals surface area contributed by atoms with E-state index in [2.05, 4.69) is 16.7 Å². The van der Waals surface area contributed by atoms with E-state index in [9.17, 15) is 4.79 Å². The Kier molecular flexibility index (Phi) is 4.18. The number of carbonyl (C=O) groups excluding carboxylic acids is 1. The van der Waals surface area contributed by atoms with Crippen LogP contribution in [0.15, 0.2) is 36.5 Å². The van der Waals surface area contributed by atoms with Gasteiger partial charge in [-0.15, -0.1) is 0 Å². The smallest absolute Gasteiger partial charge is 0.169 e. The second-order valence-corrected chi connectivity index (χ2v) is 5.84. The van der Waals surface area contributed by atoms with Crippen LogP contribution in [0.4, 0.5) is 0 Å². The number of ketones is 1. The molecular formula is C18H22N2O. The summed E-state index contributed by atoms with van der Waals surface area (Å²) in [6, 6.07) is 10.4. The van der Waals surface area contributed by atoms with Crippen molar-refractivity contribution in [2.45, 2.75) is 51.5 Å². The average Bonchev–Trinajstić information content (AvgIpc) is 3.17. The van der Waals surface area contributed by atoms with E-state index in [0.29, 0.717) is 12.5 Å². The number of rotatable bonds is 5. The van der Waals surface area contributed by atoms with Gasteiger partial charge in [-0.25, -0.2) is 0 Å². The maximum Gasteiger partial charge on any atom is 0.169 e. The zero-order valence-electron chi connectivity index (χ0n) is 12.6. The van der Waals surface area contributed by atoms with Gasteiger partial charge in [-0.1, -0.05) is 44.0 Å². The van der Waals surface area contributed by atoms with Gasteiger partial charge in [0.1, 0.15) is 0 Å². The molecule has 110 valence electrons. The van der Waals surface area contributed by atoms with Crippen molar-refractivity contribution >= 4 is 5.78 Å². The predicted molar refractivity (Wildman–Crippen MR) is 83.6 cm³/mol. The van der Waals surface area contributed by atoms with Gasteiger partial charge in [0.25, 0.3) is 0 Å². The van der Waals surface area contributed by atoms with E-state index in [1.807, 2.05) is 36.5 Å². The zero-order chi connectivity index (χ0) is 14.7. The van der Waals surface area contributed by atoms with Crippen molar-refractivity contribution in [2.24, 2.45) is 0 Å². The lowest BCUT2D eigenvalue weighted by molar-refractivity contribution is 0.0991. The fourth-order valence-corrected chi connectivity index (χ4v) is 3.20. The Hall–Kier alpha value is -1.90. The minimum atomic E-state index is 0.170. The van der Waals surface area contributed by atoms with Crippen LogP contribution in [-0.4, -0.2) is 15.6 Å². The van der Waals surface area contributed by atoms with E-state index in [-0.39, 0.29) is 5.78 Å². The molecule has 3 nitrogen and oxygen atoms in total. The molecule has 0 aliphatic heterocycles. The second kappa shape index (κ2) is 6.25. The molecule has 0 radical (unpaired) electrons. The molecule has 21 heavy (non-hydrogen) atoms. The molecular weight excluding hydrogens is 260 g/mol. The third-order valence-corrected chi connectivity index (χ3v) is 4.40. The minimum Gasteiger partial charge on any atom is -0.294 e. The first kappa shape index (κ1) is 14.1. The molecule has 1 aliphatic carbocycles. The van der Waals surface area contributed by atoms with Crippen molar-refractivity contribution in [1.82, 2.24) is 9.78 Å². The van der Waals surface area contributed by atoms with Crippen molar-refractivity contribution in [1.29, 1.82) is 0 Å². The number of hydrogen-bond acceptors (Lipinski definition) is 2. The third kappa shape index (κ3) is 3.07. The summed E-state index contributed by atoms with van der Waals surface area (Å²) < 4.78 is 2.06. The van der Waals surface area contributed by atoms with Crippen molar-refractivity contribution in [2.75, 3.05) is 0 Å². The fourth-order valence-electron chi connectivity index (χ4n) is 3.20. The summed E-state index contributed by atoms with van der Waals surface area (Å²) in [5, 5.41) is 4.61. The number of aryl methyl sites for hydroxylation is 1. The van der Waals surface area contributed by atoms with Crippen LogP contribution in [0.3, 0.4) is 0 Å². The first-order chi connectivity index (χ1) is 10.3. The van der Waals surface area contributed by atoms with Gasteiger partial charge >= 0.3 is 0 Å². The van der Waals surface area contributed by atoms with Gasteiger partial charge in [-0.3, -0.25) is 9.48 Å². The first-order valence-electron chi connectivity index (χ1n) is 7.93. The van der Waals surface area contributed by atoms with Crippen molar-refractivity contribution < 1.29 is 4.79 Å². The Bertz CT molecular complexity index is 624. The molecule has 1 saturated carbocycles. The van der Waals surface area contributed by atoms with E-state index in [0.717, 1.165) is 23.2 Å². The monoisotopic (exact) mass is 282 g/mol. The Morgan fingerprint density at radius 3 is 2.76 bits per heavy atom. The van der Waals surface area contributed by atoms with Crippen molar-refractivity contribution in [3.63, 3.8) is 0 Å². The van der Waals surface area contributed by atoms with E-state index < -0.39 is 0 Å². The number of Topliss-reactive ketones (excluding diaryl/α,β-unsaturated/α-hetero) is 1. The maximum atomic E-state index is 12.5. The summed E-state index contributed by atoms with van der Waals surface area (Å²) >= 11 is 0. The Labute approximate surface area is 126 Å². The average molecular weight is 282 g/mol. The van der Waals surface area contributed by atoms with Crippen LogP contribution >= 0.6 is 0 Å². The van der Waals surface area contributed by atoms with Gasteiger partial charge in [0.15, 0.2) is 5.78 Å². The number of aromatic nitrogens is 2. The molecule has 0 saturated heterocycles. The van der Waals surface area contributed by atoms with Gasteiger partial charge in [0.05, 0.1) is 18.2 Å². The SMILES string of the molecule is CCc1ccccc1C(=O)Cc1ccn(C2CCCC2)n1. The Balaban J connectivity index is 1.72. The lowest BCUT2D eigenvalue weighted by atomic mass is 9.99.